The van der Waals surface area contributed by atoms with E-state index in [1.807, 2.05) is 0 Å². The van der Waals surface area contributed by atoms with E-state index in [4.69, 9.17) is 5.11 Å². The van der Waals surface area contributed by atoms with Gasteiger partial charge in [0.2, 0.25) is 0 Å². The molecule has 0 aliphatic carbocycles. The fourth-order valence-electron chi connectivity index (χ4n) is 1.20. The van der Waals surface area contributed by atoms with Crippen LogP contribution in [0, 0.1) is 11.8 Å². The molecular formula is C12H15N3O5S. The standard InChI is InChI=1S/C12H15N3O5S/c1-9(2)20-12(17)15-21(18,19)14-11-7-3-5-10(13-11)6-4-8-16/h3,5,7,9,16H,8H2,1-2H3,(H,13,14)(H,15,17). The Morgan fingerprint density at radius 2 is 2.19 bits per heavy atom. The normalized spacial score (nSPS) is 10.5. The van der Waals surface area contributed by atoms with Crippen LogP contribution < -0.4 is 9.44 Å². The van der Waals surface area contributed by atoms with E-state index in [-0.39, 0.29) is 18.1 Å². The largest absolute Gasteiger partial charge is 0.446 e. The van der Waals surface area contributed by atoms with Crippen LogP contribution in [0.4, 0.5) is 10.6 Å². The van der Waals surface area contributed by atoms with Crippen molar-refractivity contribution in [3.05, 3.63) is 23.9 Å². The van der Waals surface area contributed by atoms with Crippen LogP contribution in [-0.4, -0.2) is 37.3 Å². The molecule has 0 spiro atoms. The average Bonchev–Trinajstić information content (AvgIpc) is 2.34. The average molecular weight is 313 g/mol. The number of aromatic nitrogens is 1. The van der Waals surface area contributed by atoms with Crippen molar-refractivity contribution in [3.63, 3.8) is 0 Å². The summed E-state index contributed by atoms with van der Waals surface area (Å²) in [6.07, 6.45) is -1.54. The molecule has 0 bridgehead atoms. The Labute approximate surface area is 122 Å². The number of ether oxygens (including phenoxy) is 1. The highest BCUT2D eigenvalue weighted by Gasteiger charge is 2.16. The second kappa shape index (κ2) is 7.47. The molecule has 1 aromatic heterocycles. The summed E-state index contributed by atoms with van der Waals surface area (Å²) in [4.78, 5) is 15.1. The zero-order valence-corrected chi connectivity index (χ0v) is 12.3. The predicted octanol–water partition coefficient (Wildman–Crippen LogP) is 0.217. The quantitative estimate of drug-likeness (QED) is 0.684. The molecule has 0 radical (unpaired) electrons. The Morgan fingerprint density at radius 1 is 1.48 bits per heavy atom. The van der Waals surface area contributed by atoms with Crippen LogP contribution in [0.15, 0.2) is 18.2 Å². The Kier molecular flexibility index (Phi) is 5.95. The number of anilines is 1. The van der Waals surface area contributed by atoms with Crippen molar-refractivity contribution in [3.8, 4) is 11.8 Å². The molecule has 0 saturated heterocycles. The Morgan fingerprint density at radius 3 is 2.81 bits per heavy atom. The summed E-state index contributed by atoms with van der Waals surface area (Å²) in [7, 11) is -4.15. The summed E-state index contributed by atoms with van der Waals surface area (Å²) in [5.41, 5.74) is 0.272. The van der Waals surface area contributed by atoms with E-state index < -0.39 is 22.4 Å². The number of pyridine rings is 1. The van der Waals surface area contributed by atoms with Crippen molar-refractivity contribution >= 4 is 22.1 Å². The third-order valence-corrected chi connectivity index (χ3v) is 2.76. The number of carbonyl (C=O) groups is 1. The highest BCUT2D eigenvalue weighted by molar-refractivity contribution is 7.91. The van der Waals surface area contributed by atoms with Gasteiger partial charge in [-0.05, 0) is 31.9 Å². The van der Waals surface area contributed by atoms with Crippen molar-refractivity contribution in [1.29, 1.82) is 0 Å². The first kappa shape index (κ1) is 16.7. The molecule has 0 unspecified atom stereocenters. The number of carbonyl (C=O) groups excluding carboxylic acids is 1. The number of hydrogen-bond acceptors (Lipinski definition) is 6. The summed E-state index contributed by atoms with van der Waals surface area (Å²) in [6.45, 7) is 2.84. The minimum Gasteiger partial charge on any atom is -0.446 e. The van der Waals surface area contributed by atoms with Gasteiger partial charge in [0.25, 0.3) is 0 Å². The van der Waals surface area contributed by atoms with Crippen LogP contribution in [0.25, 0.3) is 0 Å². The molecule has 1 heterocycles. The van der Waals surface area contributed by atoms with E-state index in [0.29, 0.717) is 0 Å². The molecule has 114 valence electrons. The van der Waals surface area contributed by atoms with Gasteiger partial charge in [0, 0.05) is 0 Å². The molecule has 0 aliphatic heterocycles. The molecule has 0 saturated carbocycles. The van der Waals surface area contributed by atoms with Gasteiger partial charge in [0.15, 0.2) is 0 Å². The SMILES string of the molecule is CC(C)OC(=O)NS(=O)(=O)Nc1cccc(C#CCO)n1. The van der Waals surface area contributed by atoms with Crippen molar-refractivity contribution < 1.29 is 23.1 Å². The molecule has 0 aliphatic rings. The molecule has 1 amide bonds. The van der Waals surface area contributed by atoms with Gasteiger partial charge in [-0.25, -0.2) is 14.5 Å². The second-order valence-electron chi connectivity index (χ2n) is 4.03. The van der Waals surface area contributed by atoms with Crippen LogP contribution in [0.5, 0.6) is 0 Å². The third kappa shape index (κ3) is 6.60. The highest BCUT2D eigenvalue weighted by Crippen LogP contribution is 2.06. The molecule has 0 fully saturated rings. The summed E-state index contributed by atoms with van der Waals surface area (Å²) in [5.74, 6) is 4.89. The van der Waals surface area contributed by atoms with Crippen LogP contribution >= 0.6 is 0 Å². The number of nitrogens with zero attached hydrogens (tertiary/aromatic N) is 1. The molecule has 8 nitrogen and oxygen atoms in total. The molecule has 1 aromatic rings. The van der Waals surface area contributed by atoms with Gasteiger partial charge in [-0.1, -0.05) is 12.0 Å². The smallest absolute Gasteiger partial charge is 0.422 e. The maximum Gasteiger partial charge on any atom is 0.422 e. The van der Waals surface area contributed by atoms with Crippen molar-refractivity contribution in [1.82, 2.24) is 9.71 Å². The molecule has 0 aromatic carbocycles. The van der Waals surface area contributed by atoms with Gasteiger partial charge in [-0.15, -0.1) is 0 Å². The summed E-state index contributed by atoms with van der Waals surface area (Å²) in [6, 6.07) is 4.46. The van der Waals surface area contributed by atoms with Gasteiger partial charge in [-0.2, -0.15) is 8.42 Å². The Balaban J connectivity index is 2.77. The molecule has 1 rings (SSSR count). The Bertz CT molecular complexity index is 661. The lowest BCUT2D eigenvalue weighted by Gasteiger charge is -2.11. The predicted molar refractivity (Wildman–Crippen MR) is 75.5 cm³/mol. The van der Waals surface area contributed by atoms with Crippen LogP contribution in [0.2, 0.25) is 0 Å². The van der Waals surface area contributed by atoms with Crippen molar-refractivity contribution in [2.45, 2.75) is 20.0 Å². The first-order valence-electron chi connectivity index (χ1n) is 5.90. The van der Waals surface area contributed by atoms with Crippen molar-refractivity contribution in [2.24, 2.45) is 0 Å². The van der Waals surface area contributed by atoms with E-state index in [9.17, 15) is 13.2 Å². The molecule has 3 N–H and O–H groups in total. The summed E-state index contributed by atoms with van der Waals surface area (Å²) in [5, 5.41) is 8.58. The molecule has 0 atom stereocenters. The van der Waals surface area contributed by atoms with E-state index in [0.717, 1.165) is 0 Å². The van der Waals surface area contributed by atoms with Gasteiger partial charge in [0.05, 0.1) is 6.10 Å². The van der Waals surface area contributed by atoms with Gasteiger partial charge < -0.3 is 9.84 Å². The van der Waals surface area contributed by atoms with E-state index in [2.05, 4.69) is 26.3 Å². The first-order chi connectivity index (χ1) is 9.82. The lowest BCUT2D eigenvalue weighted by molar-refractivity contribution is 0.121. The highest BCUT2D eigenvalue weighted by atomic mass is 32.2. The van der Waals surface area contributed by atoms with Gasteiger partial charge in [-0.3, -0.25) is 4.72 Å². The number of hydrogen-bond donors (Lipinski definition) is 3. The van der Waals surface area contributed by atoms with Crippen LogP contribution in [-0.2, 0) is 14.9 Å². The minimum atomic E-state index is -4.15. The van der Waals surface area contributed by atoms with Crippen LogP contribution in [0.1, 0.15) is 19.5 Å². The molecule has 9 heteroatoms. The van der Waals surface area contributed by atoms with E-state index >= 15 is 0 Å². The van der Waals surface area contributed by atoms with Crippen LogP contribution in [0.3, 0.4) is 0 Å². The van der Waals surface area contributed by atoms with Gasteiger partial charge in [0.1, 0.15) is 18.1 Å². The summed E-state index contributed by atoms with van der Waals surface area (Å²) < 4.78 is 31.8. The summed E-state index contributed by atoms with van der Waals surface area (Å²) >= 11 is 0. The lowest BCUT2D eigenvalue weighted by atomic mass is 10.3. The zero-order chi connectivity index (χ0) is 15.9. The molecule has 21 heavy (non-hydrogen) atoms. The monoisotopic (exact) mass is 313 g/mol. The number of aliphatic hydroxyl groups is 1. The lowest BCUT2D eigenvalue weighted by Crippen LogP contribution is -2.37. The van der Waals surface area contributed by atoms with Crippen molar-refractivity contribution in [2.75, 3.05) is 11.3 Å². The molecular weight excluding hydrogens is 298 g/mol. The third-order valence-electron chi connectivity index (χ3n) is 1.84. The fourth-order valence-corrected chi connectivity index (χ4v) is 1.91. The topological polar surface area (TPSA) is 118 Å². The first-order valence-corrected chi connectivity index (χ1v) is 7.38. The zero-order valence-electron chi connectivity index (χ0n) is 11.5. The number of nitrogens with one attached hydrogen (secondary N) is 2. The van der Waals surface area contributed by atoms with E-state index in [1.54, 1.807) is 24.6 Å². The van der Waals surface area contributed by atoms with E-state index in [1.165, 1.54) is 12.1 Å². The number of aliphatic hydroxyl groups excluding tert-OH is 1. The number of amides is 1. The second-order valence-corrected chi connectivity index (χ2v) is 5.44. The van der Waals surface area contributed by atoms with Gasteiger partial charge >= 0.3 is 16.3 Å². The Hall–Kier alpha value is -2.31. The fraction of sp³-hybridized carbons (Fsp3) is 0.333. The maximum absolute atomic E-state index is 11.7. The number of rotatable bonds is 4. The minimum absolute atomic E-state index is 0.0235. The maximum atomic E-state index is 11.7.